The maximum atomic E-state index is 12.5. The van der Waals surface area contributed by atoms with Crippen LogP contribution in [0, 0.1) is 0 Å². The average Bonchev–Trinajstić information content (AvgIpc) is 3.00. The Kier molecular flexibility index (Phi) is 6.41. The zero-order valence-electron chi connectivity index (χ0n) is 15.0. The van der Waals surface area contributed by atoms with Gasteiger partial charge in [0.15, 0.2) is 0 Å². The van der Waals surface area contributed by atoms with Gasteiger partial charge in [0.2, 0.25) is 5.91 Å². The number of piperazine rings is 1. The third kappa shape index (κ3) is 4.67. The highest BCUT2D eigenvalue weighted by molar-refractivity contribution is 5.81. The number of hydrogen-bond acceptors (Lipinski definition) is 4. The van der Waals surface area contributed by atoms with Gasteiger partial charge in [0, 0.05) is 44.9 Å². The van der Waals surface area contributed by atoms with E-state index in [0.29, 0.717) is 26.2 Å². The molecule has 2 aliphatic heterocycles. The molecule has 2 aliphatic rings. The summed E-state index contributed by atoms with van der Waals surface area (Å²) in [6.07, 6.45) is 1.58. The lowest BCUT2D eigenvalue weighted by molar-refractivity contribution is -0.143. The molecule has 0 aliphatic carbocycles. The van der Waals surface area contributed by atoms with Crippen molar-refractivity contribution in [3.63, 3.8) is 0 Å². The van der Waals surface area contributed by atoms with Crippen LogP contribution in [0.4, 0.5) is 0 Å². The number of carbonyl (C=O) groups excluding carboxylic acids is 2. The van der Waals surface area contributed by atoms with E-state index in [1.165, 1.54) is 0 Å². The summed E-state index contributed by atoms with van der Waals surface area (Å²) >= 11 is 0. The number of nitrogens with zero attached hydrogens (tertiary/aromatic N) is 3. The molecule has 0 bridgehead atoms. The summed E-state index contributed by atoms with van der Waals surface area (Å²) in [4.78, 5) is 30.8. The van der Waals surface area contributed by atoms with E-state index in [1.54, 1.807) is 0 Å². The topological polar surface area (TPSA) is 53.1 Å². The quantitative estimate of drug-likeness (QED) is 0.755. The molecular weight excluding hydrogens is 294 g/mol. The minimum absolute atomic E-state index is 0.125. The zero-order chi connectivity index (χ0) is 17.0. The van der Waals surface area contributed by atoms with Crippen LogP contribution in [0.15, 0.2) is 0 Å². The van der Waals surface area contributed by atoms with Crippen LogP contribution in [0.2, 0.25) is 0 Å². The molecule has 2 amide bonds. The van der Waals surface area contributed by atoms with E-state index in [4.69, 9.17) is 4.74 Å². The second kappa shape index (κ2) is 8.11. The lowest BCUT2D eigenvalue weighted by atomic mass is 10.2. The molecule has 132 valence electrons. The van der Waals surface area contributed by atoms with Crippen LogP contribution < -0.4 is 0 Å². The third-order valence-electron chi connectivity index (χ3n) is 4.65. The van der Waals surface area contributed by atoms with Crippen molar-refractivity contribution in [2.75, 3.05) is 39.3 Å². The zero-order valence-corrected chi connectivity index (χ0v) is 15.0. The van der Waals surface area contributed by atoms with Crippen LogP contribution in [0.25, 0.3) is 0 Å². The predicted octanol–water partition coefficient (Wildman–Crippen LogP) is 0.955. The van der Waals surface area contributed by atoms with Gasteiger partial charge < -0.3 is 14.5 Å². The summed E-state index contributed by atoms with van der Waals surface area (Å²) in [5.41, 5.74) is 0. The standard InChI is InChI=1S/C17H31N3O3/c1-13(2)20(14(3)4)16(21)12-18-7-9-19(10-8-18)17(22)15-6-5-11-23-15/h13-15H,5-12H2,1-4H3. The molecule has 0 N–H and O–H groups in total. The molecule has 0 aromatic rings. The number of amides is 2. The minimum Gasteiger partial charge on any atom is -0.368 e. The Morgan fingerprint density at radius 2 is 1.70 bits per heavy atom. The van der Waals surface area contributed by atoms with Crippen molar-refractivity contribution in [2.24, 2.45) is 0 Å². The van der Waals surface area contributed by atoms with Gasteiger partial charge in [0.05, 0.1) is 6.54 Å². The van der Waals surface area contributed by atoms with Crippen LogP contribution in [0.5, 0.6) is 0 Å². The Bertz CT molecular complexity index is 403. The van der Waals surface area contributed by atoms with Crippen LogP contribution in [-0.4, -0.2) is 84.0 Å². The molecule has 2 rings (SSSR count). The predicted molar refractivity (Wildman–Crippen MR) is 89.1 cm³/mol. The summed E-state index contributed by atoms with van der Waals surface area (Å²) in [6, 6.07) is 0.426. The molecule has 0 spiro atoms. The van der Waals surface area contributed by atoms with Gasteiger partial charge in [-0.2, -0.15) is 0 Å². The molecule has 1 atom stereocenters. The van der Waals surface area contributed by atoms with Gasteiger partial charge >= 0.3 is 0 Å². The van der Waals surface area contributed by atoms with Gasteiger partial charge in [-0.05, 0) is 40.5 Å². The highest BCUT2D eigenvalue weighted by Crippen LogP contribution is 2.16. The van der Waals surface area contributed by atoms with Crippen LogP contribution in [0.1, 0.15) is 40.5 Å². The van der Waals surface area contributed by atoms with E-state index >= 15 is 0 Å². The molecule has 0 radical (unpaired) electrons. The summed E-state index contributed by atoms with van der Waals surface area (Å²) in [7, 11) is 0. The average molecular weight is 325 g/mol. The molecule has 1 unspecified atom stereocenters. The first-order valence-electron chi connectivity index (χ1n) is 8.84. The summed E-state index contributed by atoms with van der Waals surface area (Å²) in [5.74, 6) is 0.299. The molecule has 2 heterocycles. The van der Waals surface area contributed by atoms with Gasteiger partial charge in [-0.3, -0.25) is 14.5 Å². The molecule has 0 saturated carbocycles. The van der Waals surface area contributed by atoms with Crippen molar-refractivity contribution >= 4 is 11.8 Å². The first kappa shape index (κ1) is 18.2. The first-order valence-corrected chi connectivity index (χ1v) is 8.84. The maximum Gasteiger partial charge on any atom is 0.251 e. The van der Waals surface area contributed by atoms with Crippen molar-refractivity contribution in [3.05, 3.63) is 0 Å². The van der Waals surface area contributed by atoms with Crippen molar-refractivity contribution in [1.82, 2.24) is 14.7 Å². The fourth-order valence-electron chi connectivity index (χ4n) is 3.55. The Balaban J connectivity index is 1.80. The van der Waals surface area contributed by atoms with Crippen molar-refractivity contribution in [3.8, 4) is 0 Å². The second-order valence-electron chi connectivity index (χ2n) is 7.09. The fourth-order valence-corrected chi connectivity index (χ4v) is 3.55. The molecular formula is C17H31N3O3. The molecule has 2 fully saturated rings. The molecule has 6 heteroatoms. The van der Waals surface area contributed by atoms with Crippen LogP contribution >= 0.6 is 0 Å². The van der Waals surface area contributed by atoms with Gasteiger partial charge in [0.25, 0.3) is 5.91 Å². The Hall–Kier alpha value is -1.14. The van der Waals surface area contributed by atoms with Gasteiger partial charge in [0.1, 0.15) is 6.10 Å². The smallest absolute Gasteiger partial charge is 0.251 e. The highest BCUT2D eigenvalue weighted by Gasteiger charge is 2.31. The molecule has 0 aromatic carbocycles. The van der Waals surface area contributed by atoms with Gasteiger partial charge in [-0.25, -0.2) is 0 Å². The number of ether oxygens (including phenoxy) is 1. The molecule has 2 saturated heterocycles. The normalized spacial score (nSPS) is 22.9. The van der Waals surface area contributed by atoms with Gasteiger partial charge in [-0.1, -0.05) is 0 Å². The second-order valence-corrected chi connectivity index (χ2v) is 7.09. The van der Waals surface area contributed by atoms with E-state index in [0.717, 1.165) is 25.9 Å². The van der Waals surface area contributed by atoms with Crippen molar-refractivity contribution < 1.29 is 14.3 Å². The minimum atomic E-state index is -0.236. The molecule has 6 nitrogen and oxygen atoms in total. The van der Waals surface area contributed by atoms with Crippen LogP contribution in [0.3, 0.4) is 0 Å². The Morgan fingerprint density at radius 3 is 2.17 bits per heavy atom. The molecule has 0 aromatic heterocycles. The number of hydrogen-bond donors (Lipinski definition) is 0. The molecule has 23 heavy (non-hydrogen) atoms. The van der Waals surface area contributed by atoms with E-state index in [9.17, 15) is 9.59 Å². The van der Waals surface area contributed by atoms with Crippen LogP contribution in [-0.2, 0) is 14.3 Å². The number of carbonyl (C=O) groups is 2. The SMILES string of the molecule is CC(C)N(C(=O)CN1CCN(C(=O)C2CCCO2)CC1)C(C)C. The van der Waals surface area contributed by atoms with E-state index < -0.39 is 0 Å². The van der Waals surface area contributed by atoms with Crippen molar-refractivity contribution in [1.29, 1.82) is 0 Å². The lowest BCUT2D eigenvalue weighted by Gasteiger charge is -2.37. The first-order chi connectivity index (χ1) is 10.9. The lowest BCUT2D eigenvalue weighted by Crippen LogP contribution is -2.54. The summed E-state index contributed by atoms with van der Waals surface area (Å²) in [5, 5.41) is 0. The maximum absolute atomic E-state index is 12.5. The fraction of sp³-hybridized carbons (Fsp3) is 0.882. The summed E-state index contributed by atoms with van der Waals surface area (Å²) < 4.78 is 5.48. The van der Waals surface area contributed by atoms with E-state index in [-0.39, 0.29) is 30.0 Å². The largest absolute Gasteiger partial charge is 0.368 e. The van der Waals surface area contributed by atoms with Gasteiger partial charge in [-0.15, -0.1) is 0 Å². The van der Waals surface area contributed by atoms with E-state index in [2.05, 4.69) is 32.6 Å². The monoisotopic (exact) mass is 325 g/mol. The number of rotatable bonds is 5. The van der Waals surface area contributed by atoms with E-state index in [1.807, 2.05) is 9.80 Å². The summed E-state index contributed by atoms with van der Waals surface area (Å²) in [6.45, 7) is 12.2. The highest BCUT2D eigenvalue weighted by atomic mass is 16.5. The Morgan fingerprint density at radius 1 is 1.09 bits per heavy atom. The third-order valence-corrected chi connectivity index (χ3v) is 4.65. The van der Waals surface area contributed by atoms with Crippen molar-refractivity contribution in [2.45, 2.75) is 58.7 Å². The Labute approximate surface area is 139 Å².